The first-order valence-electron chi connectivity index (χ1n) is 8.37. The summed E-state index contributed by atoms with van der Waals surface area (Å²) in [5.41, 5.74) is 2.05. The zero-order valence-electron chi connectivity index (χ0n) is 15.0. The summed E-state index contributed by atoms with van der Waals surface area (Å²) in [4.78, 5) is 20.2. The van der Waals surface area contributed by atoms with E-state index in [4.69, 9.17) is 11.6 Å². The number of aromatic nitrogens is 1. The largest absolute Gasteiger partial charge is 0.296 e. The van der Waals surface area contributed by atoms with Gasteiger partial charge in [0.25, 0.3) is 0 Å². The molecule has 1 amide bonds. The molecule has 0 radical (unpaired) electrons. The van der Waals surface area contributed by atoms with Crippen LogP contribution in [0.25, 0.3) is 0 Å². The fourth-order valence-corrected chi connectivity index (χ4v) is 3.86. The van der Waals surface area contributed by atoms with Crippen LogP contribution in [0.15, 0.2) is 53.9 Å². The molecular weight excluding hydrogens is 385 g/mol. The molecule has 1 aromatic heterocycles. The summed E-state index contributed by atoms with van der Waals surface area (Å²) < 4.78 is 14.0. The fourth-order valence-electron chi connectivity index (χ4n) is 2.76. The quantitative estimate of drug-likeness (QED) is 0.563. The van der Waals surface area contributed by atoms with Crippen LogP contribution in [-0.2, 0) is 17.9 Å². The van der Waals surface area contributed by atoms with Crippen molar-refractivity contribution in [3.8, 4) is 0 Å². The van der Waals surface area contributed by atoms with Gasteiger partial charge in [0, 0.05) is 36.0 Å². The first-order valence-corrected chi connectivity index (χ1v) is 9.63. The topological polar surface area (TPSA) is 36.4 Å². The van der Waals surface area contributed by atoms with Crippen molar-refractivity contribution in [2.75, 3.05) is 11.9 Å². The highest BCUT2D eigenvalue weighted by Crippen LogP contribution is 2.29. The Hall–Kier alpha value is -2.28. The minimum Gasteiger partial charge on any atom is -0.296 e. The zero-order chi connectivity index (χ0) is 19.4. The lowest BCUT2D eigenvalue weighted by atomic mass is 10.2. The van der Waals surface area contributed by atoms with Crippen molar-refractivity contribution in [3.63, 3.8) is 0 Å². The second kappa shape index (κ2) is 8.61. The zero-order valence-corrected chi connectivity index (χ0v) is 16.6. The third-order valence-corrected chi connectivity index (χ3v) is 5.21. The second-order valence-electron chi connectivity index (χ2n) is 6.18. The third kappa shape index (κ3) is 4.71. The number of amides is 1. The van der Waals surface area contributed by atoms with Gasteiger partial charge in [-0.3, -0.25) is 14.6 Å². The molecule has 0 N–H and O–H groups in total. The summed E-state index contributed by atoms with van der Waals surface area (Å²) >= 11 is 7.50. The Labute approximate surface area is 166 Å². The van der Waals surface area contributed by atoms with Crippen molar-refractivity contribution in [1.82, 2.24) is 9.88 Å². The standard InChI is InChI=1S/C20H19ClFN3OS/c1-14(26)25(16-7-4-3-5-8-16)20-23-15(13-27-20)11-24(2)12-17-18(21)9-6-10-19(17)22/h3-10,13H,11-12H2,1-2H3. The summed E-state index contributed by atoms with van der Waals surface area (Å²) in [6, 6.07) is 14.1. The van der Waals surface area contributed by atoms with Gasteiger partial charge in [0.05, 0.1) is 11.4 Å². The lowest BCUT2D eigenvalue weighted by molar-refractivity contribution is -0.115. The lowest BCUT2D eigenvalue weighted by Crippen LogP contribution is -2.23. The van der Waals surface area contributed by atoms with Gasteiger partial charge >= 0.3 is 0 Å². The molecule has 0 bridgehead atoms. The van der Waals surface area contributed by atoms with E-state index in [2.05, 4.69) is 4.98 Å². The normalized spacial score (nSPS) is 11.0. The molecule has 0 aliphatic carbocycles. The van der Waals surface area contributed by atoms with Crippen LogP contribution in [0.1, 0.15) is 18.2 Å². The SMILES string of the molecule is CC(=O)N(c1ccccc1)c1nc(CN(C)Cc2c(F)cccc2Cl)cs1. The molecule has 0 aliphatic heterocycles. The van der Waals surface area contributed by atoms with Gasteiger partial charge in [-0.05, 0) is 31.3 Å². The number of benzene rings is 2. The Kier molecular flexibility index (Phi) is 6.21. The molecule has 2 aromatic carbocycles. The first kappa shape index (κ1) is 19.5. The molecule has 0 unspecified atom stereocenters. The number of hydrogen-bond acceptors (Lipinski definition) is 4. The summed E-state index contributed by atoms with van der Waals surface area (Å²) in [6.07, 6.45) is 0. The highest BCUT2D eigenvalue weighted by atomic mass is 35.5. The maximum Gasteiger partial charge on any atom is 0.230 e. The van der Waals surface area contributed by atoms with Gasteiger partial charge < -0.3 is 0 Å². The lowest BCUT2D eigenvalue weighted by Gasteiger charge is -2.18. The fraction of sp³-hybridized carbons (Fsp3) is 0.200. The van der Waals surface area contributed by atoms with Crippen molar-refractivity contribution in [3.05, 3.63) is 76.0 Å². The van der Waals surface area contributed by atoms with E-state index in [9.17, 15) is 9.18 Å². The van der Waals surface area contributed by atoms with E-state index in [0.717, 1.165) is 11.4 Å². The van der Waals surface area contributed by atoms with Gasteiger partial charge in [-0.15, -0.1) is 11.3 Å². The number of thiazole rings is 1. The molecule has 27 heavy (non-hydrogen) atoms. The predicted molar refractivity (Wildman–Crippen MR) is 108 cm³/mol. The number of carbonyl (C=O) groups is 1. The number of para-hydroxylation sites is 1. The Balaban J connectivity index is 1.74. The summed E-state index contributed by atoms with van der Waals surface area (Å²) in [5, 5.41) is 2.93. The molecule has 0 fully saturated rings. The van der Waals surface area contributed by atoms with Gasteiger partial charge in [0.1, 0.15) is 5.82 Å². The molecule has 140 valence electrons. The smallest absolute Gasteiger partial charge is 0.230 e. The molecule has 0 spiro atoms. The number of rotatable bonds is 6. The Morgan fingerprint density at radius 2 is 1.89 bits per heavy atom. The molecule has 0 saturated carbocycles. The molecule has 0 atom stereocenters. The van der Waals surface area contributed by atoms with E-state index < -0.39 is 0 Å². The molecule has 3 aromatic rings. The van der Waals surface area contributed by atoms with Crippen LogP contribution in [0.5, 0.6) is 0 Å². The van der Waals surface area contributed by atoms with Gasteiger partial charge in [0.15, 0.2) is 5.13 Å². The van der Waals surface area contributed by atoms with Crippen molar-refractivity contribution < 1.29 is 9.18 Å². The Bertz CT molecular complexity index is 912. The van der Waals surface area contributed by atoms with E-state index in [-0.39, 0.29) is 11.7 Å². The van der Waals surface area contributed by atoms with Crippen LogP contribution in [-0.4, -0.2) is 22.8 Å². The van der Waals surface area contributed by atoms with E-state index in [1.165, 1.54) is 24.3 Å². The predicted octanol–water partition coefficient (Wildman–Crippen LogP) is 5.25. The molecule has 1 heterocycles. The number of carbonyl (C=O) groups excluding carboxylic acids is 1. The maximum atomic E-state index is 14.0. The van der Waals surface area contributed by atoms with E-state index in [1.54, 1.807) is 17.0 Å². The highest BCUT2D eigenvalue weighted by molar-refractivity contribution is 7.14. The number of halogens is 2. The number of hydrogen-bond donors (Lipinski definition) is 0. The molecule has 7 heteroatoms. The number of anilines is 2. The average Bonchev–Trinajstić information content (AvgIpc) is 3.07. The van der Waals surface area contributed by atoms with Crippen LogP contribution in [0.4, 0.5) is 15.2 Å². The summed E-state index contributed by atoms with van der Waals surface area (Å²) in [7, 11) is 1.88. The van der Waals surface area contributed by atoms with Gasteiger partial charge in [0.2, 0.25) is 5.91 Å². The Morgan fingerprint density at radius 3 is 2.56 bits per heavy atom. The second-order valence-corrected chi connectivity index (χ2v) is 7.43. The van der Waals surface area contributed by atoms with E-state index >= 15 is 0 Å². The van der Waals surface area contributed by atoms with E-state index in [1.807, 2.05) is 47.7 Å². The maximum absolute atomic E-state index is 14.0. The first-order chi connectivity index (χ1) is 13.0. The monoisotopic (exact) mass is 403 g/mol. The van der Waals surface area contributed by atoms with Crippen molar-refractivity contribution in [2.45, 2.75) is 20.0 Å². The van der Waals surface area contributed by atoms with Crippen LogP contribution in [0.2, 0.25) is 5.02 Å². The number of nitrogens with zero attached hydrogens (tertiary/aromatic N) is 3. The average molecular weight is 404 g/mol. The van der Waals surface area contributed by atoms with Crippen LogP contribution in [0.3, 0.4) is 0 Å². The van der Waals surface area contributed by atoms with Gasteiger partial charge in [-0.1, -0.05) is 35.9 Å². The molecule has 4 nitrogen and oxygen atoms in total. The third-order valence-electron chi connectivity index (χ3n) is 3.98. The van der Waals surface area contributed by atoms with Crippen LogP contribution < -0.4 is 4.90 Å². The summed E-state index contributed by atoms with van der Waals surface area (Å²) in [5.74, 6) is -0.422. The molecule has 3 rings (SSSR count). The highest BCUT2D eigenvalue weighted by Gasteiger charge is 2.18. The van der Waals surface area contributed by atoms with E-state index in [0.29, 0.717) is 28.8 Å². The summed E-state index contributed by atoms with van der Waals surface area (Å²) in [6.45, 7) is 2.40. The Morgan fingerprint density at radius 1 is 1.15 bits per heavy atom. The van der Waals surface area contributed by atoms with Gasteiger partial charge in [-0.2, -0.15) is 0 Å². The van der Waals surface area contributed by atoms with Crippen molar-refractivity contribution in [2.24, 2.45) is 0 Å². The molecule has 0 aliphatic rings. The van der Waals surface area contributed by atoms with Crippen LogP contribution >= 0.6 is 22.9 Å². The van der Waals surface area contributed by atoms with Crippen LogP contribution in [0, 0.1) is 5.82 Å². The molecule has 0 saturated heterocycles. The van der Waals surface area contributed by atoms with Crippen molar-refractivity contribution >= 4 is 39.7 Å². The molecular formula is C20H19ClFN3OS. The minimum absolute atomic E-state index is 0.103. The van der Waals surface area contributed by atoms with Gasteiger partial charge in [-0.25, -0.2) is 9.37 Å². The minimum atomic E-state index is -0.319. The van der Waals surface area contributed by atoms with Crippen molar-refractivity contribution in [1.29, 1.82) is 0 Å².